The summed E-state index contributed by atoms with van der Waals surface area (Å²) in [5.74, 6) is -3.92. The molecule has 0 saturated carbocycles. The first-order valence-corrected chi connectivity index (χ1v) is 14.8. The van der Waals surface area contributed by atoms with Gasteiger partial charge in [0.2, 0.25) is 5.88 Å². The second-order valence-corrected chi connectivity index (χ2v) is 12.1. The van der Waals surface area contributed by atoms with Crippen LogP contribution >= 0.6 is 0 Å². The van der Waals surface area contributed by atoms with Crippen LogP contribution in [0.4, 0.5) is 33.5 Å². The van der Waals surface area contributed by atoms with Crippen LogP contribution < -0.4 is 21.1 Å². The predicted molar refractivity (Wildman–Crippen MR) is 150 cm³/mol. The number of aromatic nitrogens is 3. The molecule has 42 heavy (non-hydrogen) atoms. The number of halogens is 5. The summed E-state index contributed by atoms with van der Waals surface area (Å²) in [6, 6.07) is 0.446. The summed E-state index contributed by atoms with van der Waals surface area (Å²) in [5, 5.41) is 6.20. The third-order valence-electron chi connectivity index (χ3n) is 6.46. The van der Waals surface area contributed by atoms with Crippen molar-refractivity contribution < 1.29 is 35.1 Å². The second-order valence-electron chi connectivity index (χ2n) is 9.96. The molecule has 0 bridgehead atoms. The van der Waals surface area contributed by atoms with Crippen molar-refractivity contribution in [3.63, 3.8) is 0 Å². The molecule has 0 spiro atoms. The molecule has 2 atom stereocenters. The molecule has 0 amide bonds. The normalized spacial score (nSPS) is 18.4. The van der Waals surface area contributed by atoms with Crippen LogP contribution in [0.2, 0.25) is 0 Å². The first-order chi connectivity index (χ1) is 19.6. The minimum atomic E-state index is -5.11. The minimum absolute atomic E-state index is 0.0217. The van der Waals surface area contributed by atoms with Crippen molar-refractivity contribution in [1.82, 2.24) is 20.3 Å². The number of nitrogens with two attached hydrogens (primary N) is 1. The third-order valence-corrected chi connectivity index (χ3v) is 7.24. The highest BCUT2D eigenvalue weighted by Crippen LogP contribution is 2.44. The van der Waals surface area contributed by atoms with Gasteiger partial charge in [0.15, 0.2) is 15.7 Å². The molecule has 226 valence electrons. The van der Waals surface area contributed by atoms with Gasteiger partial charge in [0.25, 0.3) is 0 Å². The molecule has 2 aromatic heterocycles. The van der Waals surface area contributed by atoms with Gasteiger partial charge in [0.05, 0.1) is 17.4 Å². The van der Waals surface area contributed by atoms with E-state index in [1.807, 2.05) is 6.08 Å². The number of alkyl halides is 3. The highest BCUT2D eigenvalue weighted by atomic mass is 32.2. The molecule has 9 nitrogen and oxygen atoms in total. The number of nitrogen functional groups attached to an aromatic ring is 1. The number of benzene rings is 1. The summed E-state index contributed by atoms with van der Waals surface area (Å²) in [7, 11) is -3.70. The van der Waals surface area contributed by atoms with E-state index in [0.29, 0.717) is 19.0 Å². The van der Waals surface area contributed by atoms with Gasteiger partial charge >= 0.3 is 6.18 Å². The molecule has 4 N–H and O–H groups in total. The number of pyridine rings is 1. The lowest BCUT2D eigenvalue weighted by Gasteiger charge is -2.22. The van der Waals surface area contributed by atoms with Gasteiger partial charge in [-0.2, -0.15) is 13.2 Å². The Morgan fingerprint density at radius 3 is 2.55 bits per heavy atom. The van der Waals surface area contributed by atoms with Crippen LogP contribution in [0.1, 0.15) is 30.3 Å². The molecule has 1 unspecified atom stereocenters. The number of anilines is 2. The Morgan fingerprint density at radius 2 is 1.90 bits per heavy atom. The number of allylic oxidation sites excluding steroid dienone is 2. The van der Waals surface area contributed by atoms with E-state index in [2.05, 4.69) is 32.2 Å². The van der Waals surface area contributed by atoms with E-state index in [9.17, 15) is 26.0 Å². The highest BCUT2D eigenvalue weighted by molar-refractivity contribution is 7.89. The topological polar surface area (TPSA) is 132 Å². The summed E-state index contributed by atoms with van der Waals surface area (Å²) in [5.41, 5.74) is 0.500. The lowest BCUT2D eigenvalue weighted by molar-refractivity contribution is -0.137. The van der Waals surface area contributed by atoms with Crippen LogP contribution in [0.5, 0.6) is 5.88 Å². The van der Waals surface area contributed by atoms with E-state index in [0.717, 1.165) is 13.2 Å². The molecular formula is C27H29F5N6O3S. The van der Waals surface area contributed by atoms with Crippen LogP contribution in [0.25, 0.3) is 22.2 Å². The number of sulfone groups is 1. The molecular weight excluding hydrogens is 583 g/mol. The molecule has 15 heteroatoms. The number of nitrogens with one attached hydrogen (secondary N) is 2. The average Bonchev–Trinajstić information content (AvgIpc) is 2.89. The minimum Gasteiger partial charge on any atom is -0.474 e. The van der Waals surface area contributed by atoms with Crippen molar-refractivity contribution in [3.8, 4) is 17.1 Å². The summed E-state index contributed by atoms with van der Waals surface area (Å²) >= 11 is 0. The molecule has 3 heterocycles. The quantitative estimate of drug-likeness (QED) is 0.213. The van der Waals surface area contributed by atoms with E-state index in [1.54, 1.807) is 19.1 Å². The fraction of sp³-hybridized carbons (Fsp3) is 0.370. The standard InChI is InChI=1S/C27H29F5N6O3S/c1-5-6-7-15-10-13(2)41-26-19-24(36-18(12-42(4,39)40)37-25(19)35-9-8-34-15)22(29)23(38-26)16-11-17(33)21(28)14(3)20(16)27(30,31)32/h5-7,11,13,15,34H,1,8-10,12,33H2,2-4H3,(H,35,36,37)/b7-6+/t13-,15?/m0/s1. The van der Waals surface area contributed by atoms with Gasteiger partial charge in [-0.15, -0.1) is 0 Å². The molecule has 1 aliphatic heterocycles. The molecule has 0 radical (unpaired) electrons. The largest absolute Gasteiger partial charge is 0.474 e. The van der Waals surface area contributed by atoms with Crippen molar-refractivity contribution in [3.05, 3.63) is 59.5 Å². The lowest BCUT2D eigenvalue weighted by atomic mass is 9.96. The zero-order chi connectivity index (χ0) is 31.0. The Bertz CT molecular complexity index is 1680. The highest BCUT2D eigenvalue weighted by Gasteiger charge is 2.39. The third kappa shape index (κ3) is 6.62. The van der Waals surface area contributed by atoms with Gasteiger partial charge < -0.3 is 21.1 Å². The van der Waals surface area contributed by atoms with Crippen molar-refractivity contribution in [2.75, 3.05) is 30.4 Å². The number of hydrogen-bond donors (Lipinski definition) is 3. The van der Waals surface area contributed by atoms with E-state index >= 15 is 4.39 Å². The molecule has 0 aliphatic carbocycles. The maximum absolute atomic E-state index is 16.3. The van der Waals surface area contributed by atoms with E-state index in [-0.39, 0.29) is 35.5 Å². The van der Waals surface area contributed by atoms with Gasteiger partial charge in [-0.3, -0.25) is 0 Å². The molecule has 1 aromatic carbocycles. The van der Waals surface area contributed by atoms with Crippen LogP contribution in [0, 0.1) is 18.6 Å². The maximum Gasteiger partial charge on any atom is 0.417 e. The number of ether oxygens (including phenoxy) is 1. The van der Waals surface area contributed by atoms with Crippen LogP contribution in [0.3, 0.4) is 0 Å². The Balaban J connectivity index is 2.07. The maximum atomic E-state index is 16.3. The number of rotatable bonds is 5. The van der Waals surface area contributed by atoms with Gasteiger partial charge in [0, 0.05) is 37.4 Å². The summed E-state index contributed by atoms with van der Waals surface area (Å²) < 4.78 is 104. The number of hydrogen-bond acceptors (Lipinski definition) is 9. The molecule has 0 fully saturated rings. The van der Waals surface area contributed by atoms with Crippen molar-refractivity contribution >= 4 is 32.2 Å². The Kier molecular flexibility index (Phi) is 8.73. The Morgan fingerprint density at radius 1 is 1.19 bits per heavy atom. The van der Waals surface area contributed by atoms with E-state index in [4.69, 9.17) is 10.5 Å². The van der Waals surface area contributed by atoms with Crippen LogP contribution in [-0.4, -0.2) is 54.9 Å². The zero-order valence-corrected chi connectivity index (χ0v) is 23.8. The zero-order valence-electron chi connectivity index (χ0n) is 22.9. The van der Waals surface area contributed by atoms with Gasteiger partial charge in [-0.1, -0.05) is 24.8 Å². The van der Waals surface area contributed by atoms with Gasteiger partial charge in [0.1, 0.15) is 39.8 Å². The van der Waals surface area contributed by atoms with Crippen molar-refractivity contribution in [2.24, 2.45) is 0 Å². The predicted octanol–water partition coefficient (Wildman–Crippen LogP) is 4.71. The Labute approximate surface area is 239 Å². The van der Waals surface area contributed by atoms with E-state index in [1.165, 1.54) is 0 Å². The van der Waals surface area contributed by atoms with Crippen molar-refractivity contribution in [2.45, 2.75) is 44.3 Å². The fourth-order valence-electron chi connectivity index (χ4n) is 4.73. The molecule has 4 rings (SSSR count). The smallest absolute Gasteiger partial charge is 0.417 e. The first kappa shape index (κ1) is 31.1. The Hall–Kier alpha value is -3.85. The monoisotopic (exact) mass is 612 g/mol. The van der Waals surface area contributed by atoms with Crippen LogP contribution in [0.15, 0.2) is 30.9 Å². The van der Waals surface area contributed by atoms with Gasteiger partial charge in [-0.25, -0.2) is 32.2 Å². The van der Waals surface area contributed by atoms with E-state index < -0.39 is 73.1 Å². The lowest BCUT2D eigenvalue weighted by Crippen LogP contribution is -2.34. The molecule has 0 saturated heterocycles. The summed E-state index contributed by atoms with van der Waals surface area (Å²) in [4.78, 5) is 12.5. The molecule has 3 aromatic rings. The average molecular weight is 613 g/mol. The van der Waals surface area contributed by atoms with Gasteiger partial charge in [-0.05, 0) is 25.5 Å². The van der Waals surface area contributed by atoms with Crippen LogP contribution in [-0.2, 0) is 21.8 Å². The first-order valence-electron chi connectivity index (χ1n) is 12.8. The second kappa shape index (κ2) is 11.8. The number of nitrogens with zero attached hydrogens (tertiary/aromatic N) is 3. The summed E-state index contributed by atoms with van der Waals surface area (Å²) in [6.07, 6.45) is 0.759. The molecule has 1 aliphatic rings. The SMILES string of the molecule is C=C/C=C/C1C[C@H](C)Oc2nc(-c3cc(N)c(F)c(C)c3C(F)(F)F)c(F)c3nc(CS(C)(=O)=O)nc(c23)NCCN1. The fourth-order valence-corrected chi connectivity index (χ4v) is 5.32. The van der Waals surface area contributed by atoms with Crippen molar-refractivity contribution in [1.29, 1.82) is 0 Å². The summed E-state index contributed by atoms with van der Waals surface area (Å²) in [6.45, 7) is 6.87.